The van der Waals surface area contributed by atoms with Gasteiger partial charge in [-0.25, -0.2) is 0 Å². The molecule has 114 valence electrons. The molecule has 1 aromatic rings. The minimum absolute atomic E-state index is 0.0269. The van der Waals surface area contributed by atoms with Crippen LogP contribution in [0.2, 0.25) is 0 Å². The standard InChI is InChI=1S/C16H22N2O3/c19-15(10-13-4-2-8-17-11-13)18-14-5-1-3-12(9-14)6-7-16(20)21/h1,3,5,9,13,17H,2,4,6-8,10-11H2,(H,18,19)(H,20,21). The van der Waals surface area contributed by atoms with Gasteiger partial charge >= 0.3 is 5.97 Å². The minimum atomic E-state index is -0.811. The molecule has 1 heterocycles. The van der Waals surface area contributed by atoms with Crippen molar-refractivity contribution in [3.8, 4) is 0 Å². The van der Waals surface area contributed by atoms with Crippen molar-refractivity contribution in [1.82, 2.24) is 5.32 Å². The van der Waals surface area contributed by atoms with Crippen molar-refractivity contribution >= 4 is 17.6 Å². The molecule has 1 amide bonds. The summed E-state index contributed by atoms with van der Waals surface area (Å²) in [6.45, 7) is 1.95. The number of anilines is 1. The fraction of sp³-hybridized carbons (Fsp3) is 0.500. The van der Waals surface area contributed by atoms with Crippen molar-refractivity contribution in [2.45, 2.75) is 32.1 Å². The van der Waals surface area contributed by atoms with E-state index < -0.39 is 5.97 Å². The van der Waals surface area contributed by atoms with Crippen LogP contribution in [0.25, 0.3) is 0 Å². The number of carboxylic acid groups (broad SMARTS) is 1. The van der Waals surface area contributed by atoms with Gasteiger partial charge in [-0.1, -0.05) is 12.1 Å². The molecule has 5 heteroatoms. The lowest BCUT2D eigenvalue weighted by Gasteiger charge is -2.22. The summed E-state index contributed by atoms with van der Waals surface area (Å²) in [6, 6.07) is 7.40. The maximum absolute atomic E-state index is 12.0. The number of rotatable bonds is 6. The third-order valence-electron chi connectivity index (χ3n) is 3.71. The Kier molecular flexibility index (Phi) is 5.75. The zero-order valence-corrected chi connectivity index (χ0v) is 12.1. The van der Waals surface area contributed by atoms with Crippen LogP contribution in [0, 0.1) is 5.92 Å². The highest BCUT2D eigenvalue weighted by Gasteiger charge is 2.16. The van der Waals surface area contributed by atoms with Crippen LogP contribution < -0.4 is 10.6 Å². The van der Waals surface area contributed by atoms with E-state index >= 15 is 0 Å². The Hall–Kier alpha value is -1.88. The van der Waals surface area contributed by atoms with Crippen LogP contribution in [0.1, 0.15) is 31.2 Å². The Bertz CT molecular complexity index is 496. The number of benzene rings is 1. The summed E-state index contributed by atoms with van der Waals surface area (Å²) in [6.07, 6.45) is 3.34. The molecule has 1 aliphatic rings. The Labute approximate surface area is 124 Å². The van der Waals surface area contributed by atoms with Gasteiger partial charge in [-0.15, -0.1) is 0 Å². The molecule has 1 aromatic carbocycles. The van der Waals surface area contributed by atoms with E-state index in [1.165, 1.54) is 0 Å². The number of carbonyl (C=O) groups excluding carboxylic acids is 1. The molecule has 1 aliphatic heterocycles. The average Bonchev–Trinajstić information content (AvgIpc) is 2.46. The zero-order chi connectivity index (χ0) is 15.1. The van der Waals surface area contributed by atoms with Crippen molar-refractivity contribution in [1.29, 1.82) is 0 Å². The molecule has 0 spiro atoms. The lowest BCUT2D eigenvalue weighted by Crippen LogP contribution is -2.32. The number of carbonyl (C=O) groups is 2. The van der Waals surface area contributed by atoms with Crippen molar-refractivity contribution in [3.63, 3.8) is 0 Å². The van der Waals surface area contributed by atoms with E-state index in [9.17, 15) is 9.59 Å². The lowest BCUT2D eigenvalue weighted by molar-refractivity contribution is -0.137. The van der Waals surface area contributed by atoms with Gasteiger partial charge in [-0.3, -0.25) is 9.59 Å². The van der Waals surface area contributed by atoms with Gasteiger partial charge in [0, 0.05) is 18.5 Å². The van der Waals surface area contributed by atoms with E-state index in [1.54, 1.807) is 0 Å². The second-order valence-corrected chi connectivity index (χ2v) is 5.56. The highest BCUT2D eigenvalue weighted by molar-refractivity contribution is 5.90. The molecule has 2 rings (SSSR count). The second kappa shape index (κ2) is 7.78. The number of aliphatic carboxylic acids is 1. The number of hydrogen-bond donors (Lipinski definition) is 3. The Balaban J connectivity index is 1.85. The zero-order valence-electron chi connectivity index (χ0n) is 12.1. The van der Waals surface area contributed by atoms with Crippen molar-refractivity contribution in [2.75, 3.05) is 18.4 Å². The number of amides is 1. The minimum Gasteiger partial charge on any atom is -0.481 e. The van der Waals surface area contributed by atoms with Crippen molar-refractivity contribution < 1.29 is 14.7 Å². The molecule has 21 heavy (non-hydrogen) atoms. The van der Waals surface area contributed by atoms with Crippen LogP contribution in [0.4, 0.5) is 5.69 Å². The summed E-state index contributed by atoms with van der Waals surface area (Å²) in [4.78, 5) is 22.6. The molecule has 1 fully saturated rings. The fourth-order valence-corrected chi connectivity index (χ4v) is 2.63. The molecule has 0 aliphatic carbocycles. The molecule has 0 radical (unpaired) electrons. The summed E-state index contributed by atoms with van der Waals surface area (Å²) < 4.78 is 0. The summed E-state index contributed by atoms with van der Waals surface area (Å²) in [5.41, 5.74) is 1.67. The molecule has 3 N–H and O–H groups in total. The summed E-state index contributed by atoms with van der Waals surface area (Å²) in [5, 5.41) is 14.9. The van der Waals surface area contributed by atoms with Gasteiger partial charge in [-0.05, 0) is 56.0 Å². The summed E-state index contributed by atoms with van der Waals surface area (Å²) in [7, 11) is 0. The summed E-state index contributed by atoms with van der Waals surface area (Å²) >= 11 is 0. The SMILES string of the molecule is O=C(O)CCc1cccc(NC(=O)CC2CCCNC2)c1. The van der Waals surface area contributed by atoms with Crippen molar-refractivity contribution in [3.05, 3.63) is 29.8 Å². The topological polar surface area (TPSA) is 78.4 Å². The molecule has 0 aromatic heterocycles. The van der Waals surface area contributed by atoms with E-state index in [-0.39, 0.29) is 12.3 Å². The monoisotopic (exact) mass is 290 g/mol. The Morgan fingerprint density at radius 1 is 1.38 bits per heavy atom. The quantitative estimate of drug-likeness (QED) is 0.749. The molecule has 1 saturated heterocycles. The van der Waals surface area contributed by atoms with Gasteiger partial charge in [0.2, 0.25) is 5.91 Å². The Morgan fingerprint density at radius 3 is 2.95 bits per heavy atom. The smallest absolute Gasteiger partial charge is 0.303 e. The van der Waals surface area contributed by atoms with Gasteiger partial charge in [-0.2, -0.15) is 0 Å². The number of carboxylic acids is 1. The van der Waals surface area contributed by atoms with E-state index in [0.717, 1.165) is 37.2 Å². The van der Waals surface area contributed by atoms with E-state index in [4.69, 9.17) is 5.11 Å². The van der Waals surface area contributed by atoms with E-state index in [0.29, 0.717) is 18.8 Å². The Morgan fingerprint density at radius 2 is 2.24 bits per heavy atom. The van der Waals surface area contributed by atoms with Crippen LogP contribution in [0.3, 0.4) is 0 Å². The predicted molar refractivity (Wildman–Crippen MR) is 81.2 cm³/mol. The number of hydrogen-bond acceptors (Lipinski definition) is 3. The van der Waals surface area contributed by atoms with Crippen LogP contribution in [-0.4, -0.2) is 30.1 Å². The molecule has 1 unspecified atom stereocenters. The van der Waals surface area contributed by atoms with Gasteiger partial charge in [0.05, 0.1) is 0 Å². The highest BCUT2D eigenvalue weighted by Crippen LogP contribution is 2.17. The van der Waals surface area contributed by atoms with E-state index in [1.807, 2.05) is 24.3 Å². The maximum Gasteiger partial charge on any atom is 0.303 e. The molecular weight excluding hydrogens is 268 g/mol. The van der Waals surface area contributed by atoms with Crippen LogP contribution >= 0.6 is 0 Å². The van der Waals surface area contributed by atoms with Gasteiger partial charge in [0.15, 0.2) is 0 Å². The molecule has 5 nitrogen and oxygen atoms in total. The van der Waals surface area contributed by atoms with Crippen LogP contribution in [0.15, 0.2) is 24.3 Å². The average molecular weight is 290 g/mol. The van der Waals surface area contributed by atoms with Gasteiger partial charge in [0.1, 0.15) is 0 Å². The first kappa shape index (κ1) is 15.5. The third-order valence-corrected chi connectivity index (χ3v) is 3.71. The maximum atomic E-state index is 12.0. The third kappa shape index (κ3) is 5.55. The molecule has 1 atom stereocenters. The van der Waals surface area contributed by atoms with Crippen molar-refractivity contribution in [2.24, 2.45) is 5.92 Å². The van der Waals surface area contributed by atoms with Gasteiger partial charge in [0.25, 0.3) is 0 Å². The number of nitrogens with one attached hydrogen (secondary N) is 2. The molecule has 0 bridgehead atoms. The summed E-state index contributed by atoms with van der Waals surface area (Å²) in [5.74, 6) is -0.373. The number of piperidine rings is 1. The predicted octanol–water partition coefficient (Wildman–Crippen LogP) is 2.03. The molecular formula is C16H22N2O3. The largest absolute Gasteiger partial charge is 0.481 e. The highest BCUT2D eigenvalue weighted by atomic mass is 16.4. The number of aryl methyl sites for hydroxylation is 1. The first-order chi connectivity index (χ1) is 10.1. The van der Waals surface area contributed by atoms with Gasteiger partial charge < -0.3 is 15.7 Å². The lowest BCUT2D eigenvalue weighted by atomic mass is 9.96. The first-order valence-electron chi connectivity index (χ1n) is 7.45. The fourth-order valence-electron chi connectivity index (χ4n) is 2.63. The normalized spacial score (nSPS) is 18.2. The van der Waals surface area contributed by atoms with Crippen LogP contribution in [-0.2, 0) is 16.0 Å². The first-order valence-corrected chi connectivity index (χ1v) is 7.45. The molecule has 0 saturated carbocycles. The second-order valence-electron chi connectivity index (χ2n) is 5.56. The van der Waals surface area contributed by atoms with E-state index in [2.05, 4.69) is 10.6 Å². The van der Waals surface area contributed by atoms with Crippen LogP contribution in [0.5, 0.6) is 0 Å².